The normalized spacial score (nSPS) is 12.3. The van der Waals surface area contributed by atoms with Gasteiger partial charge in [0.25, 0.3) is 5.56 Å². The average molecular weight is 616 g/mol. The zero-order valence-electron chi connectivity index (χ0n) is 18.6. The highest BCUT2D eigenvalue weighted by atomic mass is 79.9. The number of aryl methyl sites for hydroxylation is 1. The molecule has 0 aliphatic carbocycles. The van der Waals surface area contributed by atoms with Crippen molar-refractivity contribution in [2.24, 2.45) is 5.10 Å². The van der Waals surface area contributed by atoms with E-state index >= 15 is 0 Å². The van der Waals surface area contributed by atoms with Gasteiger partial charge in [0, 0.05) is 20.9 Å². The number of aromatic nitrogens is 2. The number of carboxylic acids is 1. The lowest BCUT2D eigenvalue weighted by Gasteiger charge is -2.17. The fourth-order valence-corrected chi connectivity index (χ4v) is 4.12. The van der Waals surface area contributed by atoms with Crippen molar-refractivity contribution in [3.63, 3.8) is 0 Å². The molecule has 0 aliphatic rings. The number of unbranched alkanes of at least 4 members (excludes halogenated alkanes) is 1. The maximum Gasteiger partial charge on any atom is 0.344 e. The summed E-state index contributed by atoms with van der Waals surface area (Å²) in [6, 6.07) is 6.94. The van der Waals surface area contributed by atoms with Crippen LogP contribution in [0.2, 0.25) is 5.02 Å². The lowest BCUT2D eigenvalue weighted by Crippen LogP contribution is -2.23. The molecule has 0 bridgehead atoms. The zero-order valence-corrected chi connectivity index (χ0v) is 22.6. The van der Waals surface area contributed by atoms with Gasteiger partial charge in [0.15, 0.2) is 17.6 Å². The van der Waals surface area contributed by atoms with Crippen LogP contribution in [0.3, 0.4) is 0 Å². The molecule has 0 spiro atoms. The van der Waals surface area contributed by atoms with E-state index in [-0.39, 0.29) is 22.1 Å². The fourth-order valence-electron chi connectivity index (χ4n) is 3.12. The second-order valence-corrected chi connectivity index (χ2v) is 9.46. The maximum absolute atomic E-state index is 13.3. The molecule has 0 saturated heterocycles. The third kappa shape index (κ3) is 5.61. The van der Waals surface area contributed by atoms with E-state index in [0.29, 0.717) is 33.2 Å². The zero-order chi connectivity index (χ0) is 25.0. The van der Waals surface area contributed by atoms with Crippen LogP contribution >= 0.6 is 43.5 Å². The third-order valence-electron chi connectivity index (χ3n) is 4.96. The Morgan fingerprint density at radius 1 is 1.35 bits per heavy atom. The van der Waals surface area contributed by atoms with Crippen molar-refractivity contribution in [1.82, 2.24) is 9.66 Å². The van der Waals surface area contributed by atoms with Crippen LogP contribution in [0.1, 0.15) is 38.1 Å². The smallest absolute Gasteiger partial charge is 0.344 e. The van der Waals surface area contributed by atoms with Crippen LogP contribution in [-0.4, -0.2) is 40.2 Å². The Labute approximate surface area is 217 Å². The van der Waals surface area contributed by atoms with E-state index in [2.05, 4.69) is 48.9 Å². The number of nitrogens with zero attached hydrogens (tertiary/aromatic N) is 3. The molecule has 0 aliphatic heterocycles. The number of ether oxygens (including phenoxy) is 2. The van der Waals surface area contributed by atoms with Gasteiger partial charge in [0.1, 0.15) is 10.8 Å². The lowest BCUT2D eigenvalue weighted by atomic mass is 10.2. The van der Waals surface area contributed by atoms with Gasteiger partial charge in [-0.05, 0) is 53.5 Å². The second-order valence-electron chi connectivity index (χ2n) is 7.38. The molecule has 0 unspecified atom stereocenters. The van der Waals surface area contributed by atoms with Gasteiger partial charge in [-0.2, -0.15) is 9.78 Å². The monoisotopic (exact) mass is 613 g/mol. The van der Waals surface area contributed by atoms with E-state index < -0.39 is 12.1 Å². The van der Waals surface area contributed by atoms with E-state index in [1.807, 2.05) is 6.07 Å². The van der Waals surface area contributed by atoms with Gasteiger partial charge in [0.2, 0.25) is 0 Å². The molecular weight excluding hydrogens is 594 g/mol. The molecule has 8 nitrogen and oxygen atoms in total. The third-order valence-corrected chi connectivity index (χ3v) is 6.90. The first-order valence-electron chi connectivity index (χ1n) is 10.4. The highest BCUT2D eigenvalue weighted by molar-refractivity contribution is 9.10. The summed E-state index contributed by atoms with van der Waals surface area (Å²) < 4.78 is 13.3. The molecule has 34 heavy (non-hydrogen) atoms. The molecule has 1 N–H and O–H groups in total. The molecule has 0 fully saturated rings. The number of carboxylic acid groups (broad SMARTS) is 1. The summed E-state index contributed by atoms with van der Waals surface area (Å²) in [5.74, 6) is -0.292. The number of fused-ring (bicyclic) bond motifs is 1. The second kappa shape index (κ2) is 11.3. The number of methoxy groups -OCH3 is 1. The van der Waals surface area contributed by atoms with Crippen LogP contribution in [0.5, 0.6) is 11.5 Å². The van der Waals surface area contributed by atoms with Gasteiger partial charge < -0.3 is 14.6 Å². The summed E-state index contributed by atoms with van der Waals surface area (Å²) in [5, 5.41) is 14.1. The molecule has 1 heterocycles. The Morgan fingerprint density at radius 3 is 2.74 bits per heavy atom. The predicted octanol–water partition coefficient (Wildman–Crippen LogP) is 5.66. The van der Waals surface area contributed by atoms with Gasteiger partial charge in [0.05, 0.1) is 24.2 Å². The Kier molecular flexibility index (Phi) is 8.72. The summed E-state index contributed by atoms with van der Waals surface area (Å²) in [4.78, 5) is 29.1. The summed E-state index contributed by atoms with van der Waals surface area (Å²) >= 11 is 13.3. The van der Waals surface area contributed by atoms with E-state index in [0.717, 1.165) is 17.3 Å². The molecule has 3 rings (SSSR count). The van der Waals surface area contributed by atoms with Crippen molar-refractivity contribution >= 4 is 66.5 Å². The van der Waals surface area contributed by atoms with E-state index in [1.54, 1.807) is 18.2 Å². The summed E-state index contributed by atoms with van der Waals surface area (Å²) in [5.41, 5.74) is 0.809. The minimum absolute atomic E-state index is 0.0844. The quantitative estimate of drug-likeness (QED) is 0.312. The first-order chi connectivity index (χ1) is 16.2. The Morgan fingerprint density at radius 2 is 2.09 bits per heavy atom. The highest BCUT2D eigenvalue weighted by Crippen LogP contribution is 2.42. The summed E-state index contributed by atoms with van der Waals surface area (Å²) in [6.07, 6.45) is 2.69. The number of hydrogen-bond donors (Lipinski definition) is 1. The highest BCUT2D eigenvalue weighted by Gasteiger charge is 2.22. The van der Waals surface area contributed by atoms with E-state index in [4.69, 9.17) is 26.2 Å². The number of aliphatic carboxylic acids is 1. The topological polar surface area (TPSA) is 103 Å². The molecule has 1 atom stereocenters. The van der Waals surface area contributed by atoms with Crippen molar-refractivity contribution in [3.8, 4) is 11.5 Å². The maximum atomic E-state index is 13.3. The van der Waals surface area contributed by atoms with Crippen LogP contribution in [0, 0.1) is 0 Å². The summed E-state index contributed by atoms with van der Waals surface area (Å²) in [6.45, 7) is 3.45. The predicted molar refractivity (Wildman–Crippen MR) is 139 cm³/mol. The number of carbonyl (C=O) groups is 1. The molecule has 1 aromatic heterocycles. The Hall–Kier alpha value is -2.43. The molecule has 0 amide bonds. The molecule has 2 aromatic carbocycles. The number of rotatable bonds is 9. The average Bonchev–Trinajstić information content (AvgIpc) is 2.81. The van der Waals surface area contributed by atoms with Crippen LogP contribution in [0.15, 0.2) is 43.1 Å². The van der Waals surface area contributed by atoms with Crippen LogP contribution < -0.4 is 15.0 Å². The fraction of sp³-hybridized carbons (Fsp3) is 0.304. The first-order valence-corrected chi connectivity index (χ1v) is 12.3. The number of benzene rings is 2. The number of halogens is 3. The Balaban J connectivity index is 2.12. The summed E-state index contributed by atoms with van der Waals surface area (Å²) in [7, 11) is 1.41. The molecule has 0 radical (unpaired) electrons. The van der Waals surface area contributed by atoms with Gasteiger partial charge >= 0.3 is 5.97 Å². The van der Waals surface area contributed by atoms with E-state index in [9.17, 15) is 9.59 Å². The van der Waals surface area contributed by atoms with Crippen LogP contribution in [0.4, 0.5) is 0 Å². The number of hydrogen-bond acceptors (Lipinski definition) is 6. The van der Waals surface area contributed by atoms with Crippen LogP contribution in [-0.2, 0) is 11.2 Å². The van der Waals surface area contributed by atoms with Crippen molar-refractivity contribution in [1.29, 1.82) is 0 Å². The van der Waals surface area contributed by atoms with E-state index in [1.165, 1.54) is 24.9 Å². The van der Waals surface area contributed by atoms with Crippen molar-refractivity contribution < 1.29 is 19.4 Å². The van der Waals surface area contributed by atoms with Gasteiger partial charge in [-0.3, -0.25) is 4.79 Å². The minimum Gasteiger partial charge on any atom is -0.493 e. The molecule has 180 valence electrons. The van der Waals surface area contributed by atoms with Gasteiger partial charge in [-0.15, -0.1) is 0 Å². The standard InChI is InChI=1S/C23H22Br2ClN3O5/c1-4-5-6-18-28-16-8-7-14(24)10-15(16)22(30)29(18)27-11-13-9-17(33-3)21(20(26)19(13)25)34-12(2)23(31)32/h7-12H,4-6H2,1-3H3,(H,31,32)/t12-/m0/s1. The van der Waals surface area contributed by atoms with Crippen molar-refractivity contribution in [2.75, 3.05) is 7.11 Å². The first kappa shape index (κ1) is 26.2. The van der Waals surface area contributed by atoms with Gasteiger partial charge in [-0.1, -0.05) is 40.9 Å². The SMILES string of the molecule is CCCCc1nc2ccc(Br)cc2c(=O)n1N=Cc1cc(OC)c(O[C@@H](C)C(=O)O)c(Cl)c1Br. The minimum atomic E-state index is -1.14. The van der Waals surface area contributed by atoms with Crippen molar-refractivity contribution in [3.05, 3.63) is 60.0 Å². The van der Waals surface area contributed by atoms with Crippen molar-refractivity contribution in [2.45, 2.75) is 39.2 Å². The molecule has 3 aromatic rings. The largest absolute Gasteiger partial charge is 0.493 e. The molecule has 0 saturated carbocycles. The van der Waals surface area contributed by atoms with Gasteiger partial charge in [-0.25, -0.2) is 9.78 Å². The molecule has 11 heteroatoms. The van der Waals surface area contributed by atoms with Crippen LogP contribution in [0.25, 0.3) is 10.9 Å². The lowest BCUT2D eigenvalue weighted by molar-refractivity contribution is -0.144. The molecular formula is C23H22Br2ClN3O5. The Bertz CT molecular complexity index is 1330.